The number of hydrogen-bond donors (Lipinski definition) is 0. The average molecular weight is 400 g/mol. The first-order valence-electron chi connectivity index (χ1n) is 10.3. The predicted molar refractivity (Wildman–Crippen MR) is 107 cm³/mol. The van der Waals surface area contributed by atoms with Crippen molar-refractivity contribution < 1.29 is 14.3 Å². The summed E-state index contributed by atoms with van der Waals surface area (Å²) >= 11 is 0. The second-order valence-corrected chi connectivity index (χ2v) is 7.74. The molecular weight excluding hydrogens is 372 g/mol. The molecule has 1 amide bonds. The molecule has 0 radical (unpaired) electrons. The number of amides is 1. The number of hydrogen-bond acceptors (Lipinski definition) is 5. The second kappa shape index (κ2) is 8.82. The van der Waals surface area contributed by atoms with E-state index in [2.05, 4.69) is 5.10 Å². The Bertz CT molecular complexity index is 888. The number of piperidine rings is 1. The first-order chi connectivity index (χ1) is 14.2. The fourth-order valence-corrected chi connectivity index (χ4v) is 3.88. The highest BCUT2D eigenvalue weighted by Crippen LogP contribution is 2.37. The highest BCUT2D eigenvalue weighted by Gasteiger charge is 2.35. The molecule has 1 unspecified atom stereocenters. The summed E-state index contributed by atoms with van der Waals surface area (Å²) in [5, 5.41) is 4.64. The highest BCUT2D eigenvalue weighted by atomic mass is 16.5. The minimum atomic E-state index is -0.0598. The van der Waals surface area contributed by atoms with Gasteiger partial charge in [-0.1, -0.05) is 18.2 Å². The minimum absolute atomic E-state index is 0.0223. The van der Waals surface area contributed by atoms with Crippen LogP contribution in [0.15, 0.2) is 35.1 Å². The number of nitrogens with zero attached hydrogens (tertiary/aromatic N) is 4. The summed E-state index contributed by atoms with van der Waals surface area (Å²) in [5.41, 5.74) is -0.0598. The van der Waals surface area contributed by atoms with E-state index in [9.17, 15) is 9.59 Å². The molecule has 1 saturated carbocycles. The van der Waals surface area contributed by atoms with Crippen molar-refractivity contribution in [2.45, 2.75) is 44.2 Å². The number of ether oxygens (including phenoxy) is 2. The number of methoxy groups -OCH3 is 1. The van der Waals surface area contributed by atoms with E-state index < -0.39 is 0 Å². The van der Waals surface area contributed by atoms with Gasteiger partial charge in [-0.15, -0.1) is 0 Å². The van der Waals surface area contributed by atoms with Gasteiger partial charge in [0.15, 0.2) is 6.61 Å². The van der Waals surface area contributed by atoms with Crippen molar-refractivity contribution in [3.8, 4) is 5.75 Å². The lowest BCUT2D eigenvalue weighted by Crippen LogP contribution is -2.42. The standard InChI is InChI=1S/C21H28N4O4/c1-28-13-12-24-21(27)25(17-9-10-17)20(22-24)16-6-5-11-23(14-16)19(26)15-29-18-7-3-2-4-8-18/h2-4,7-8,16-17H,5-6,9-15H2,1H3. The first kappa shape index (κ1) is 19.7. The molecule has 1 aromatic carbocycles. The van der Waals surface area contributed by atoms with E-state index in [1.807, 2.05) is 39.8 Å². The molecule has 0 spiro atoms. The third-order valence-electron chi connectivity index (χ3n) is 5.56. The van der Waals surface area contributed by atoms with E-state index in [-0.39, 0.29) is 30.2 Å². The second-order valence-electron chi connectivity index (χ2n) is 7.74. The zero-order chi connectivity index (χ0) is 20.2. The maximum atomic E-state index is 12.8. The molecule has 1 aromatic heterocycles. The molecule has 1 aliphatic heterocycles. The molecule has 0 N–H and O–H groups in total. The maximum absolute atomic E-state index is 12.8. The monoisotopic (exact) mass is 400 g/mol. The van der Waals surface area contributed by atoms with Crippen LogP contribution in [0.3, 0.4) is 0 Å². The molecule has 2 fully saturated rings. The minimum Gasteiger partial charge on any atom is -0.484 e. The fraction of sp³-hybridized carbons (Fsp3) is 0.571. The molecular formula is C21H28N4O4. The largest absolute Gasteiger partial charge is 0.484 e. The Morgan fingerprint density at radius 2 is 2.00 bits per heavy atom. The number of benzene rings is 1. The number of carbonyl (C=O) groups excluding carboxylic acids is 1. The summed E-state index contributed by atoms with van der Waals surface area (Å²) in [6.45, 7) is 2.21. The van der Waals surface area contributed by atoms with Gasteiger partial charge in [0.25, 0.3) is 5.91 Å². The first-order valence-corrected chi connectivity index (χ1v) is 10.3. The summed E-state index contributed by atoms with van der Waals surface area (Å²) < 4.78 is 14.1. The molecule has 4 rings (SSSR count). The number of likely N-dealkylation sites (tertiary alicyclic amines) is 1. The Balaban J connectivity index is 1.45. The molecule has 2 aromatic rings. The fourth-order valence-electron chi connectivity index (χ4n) is 3.88. The van der Waals surface area contributed by atoms with E-state index in [0.717, 1.165) is 31.5 Å². The van der Waals surface area contributed by atoms with Crippen LogP contribution >= 0.6 is 0 Å². The molecule has 2 heterocycles. The van der Waals surface area contributed by atoms with Gasteiger partial charge in [0, 0.05) is 32.2 Å². The maximum Gasteiger partial charge on any atom is 0.346 e. The van der Waals surface area contributed by atoms with Crippen LogP contribution < -0.4 is 10.4 Å². The van der Waals surface area contributed by atoms with Crippen LogP contribution in [0.2, 0.25) is 0 Å². The Kier molecular flexibility index (Phi) is 5.99. The molecule has 156 valence electrons. The number of carbonyl (C=O) groups is 1. The van der Waals surface area contributed by atoms with Crippen LogP contribution in [0, 0.1) is 0 Å². The topological polar surface area (TPSA) is 78.6 Å². The third kappa shape index (κ3) is 4.53. The van der Waals surface area contributed by atoms with Gasteiger partial charge in [-0.05, 0) is 37.8 Å². The average Bonchev–Trinajstić information content (AvgIpc) is 3.54. The SMILES string of the molecule is COCCn1nc(C2CCCN(C(=O)COc3ccccc3)C2)n(C2CC2)c1=O. The smallest absolute Gasteiger partial charge is 0.346 e. The van der Waals surface area contributed by atoms with Crippen LogP contribution in [0.5, 0.6) is 5.75 Å². The molecule has 8 nitrogen and oxygen atoms in total. The summed E-state index contributed by atoms with van der Waals surface area (Å²) in [4.78, 5) is 27.3. The van der Waals surface area contributed by atoms with Gasteiger partial charge >= 0.3 is 5.69 Å². The Labute approximate surface area is 170 Å². The number of rotatable bonds is 8. The Morgan fingerprint density at radius 1 is 1.21 bits per heavy atom. The van der Waals surface area contributed by atoms with Crippen LogP contribution in [-0.2, 0) is 16.1 Å². The zero-order valence-corrected chi connectivity index (χ0v) is 16.8. The summed E-state index contributed by atoms with van der Waals surface area (Å²) in [6, 6.07) is 9.61. The molecule has 1 atom stereocenters. The van der Waals surface area contributed by atoms with Crippen LogP contribution in [0.25, 0.3) is 0 Å². The Morgan fingerprint density at radius 3 is 2.72 bits per heavy atom. The molecule has 1 saturated heterocycles. The van der Waals surface area contributed by atoms with E-state index in [0.29, 0.717) is 32.0 Å². The van der Waals surface area contributed by atoms with Crippen molar-refractivity contribution >= 4 is 5.91 Å². The summed E-state index contributed by atoms with van der Waals surface area (Å²) in [7, 11) is 1.62. The lowest BCUT2D eigenvalue weighted by molar-refractivity contribution is -0.134. The van der Waals surface area contributed by atoms with Gasteiger partial charge in [-0.2, -0.15) is 5.10 Å². The normalized spacial score (nSPS) is 19.3. The van der Waals surface area contributed by atoms with E-state index in [1.54, 1.807) is 7.11 Å². The van der Waals surface area contributed by atoms with Crippen molar-refractivity contribution in [3.05, 3.63) is 46.6 Å². The zero-order valence-electron chi connectivity index (χ0n) is 16.8. The van der Waals surface area contributed by atoms with E-state index >= 15 is 0 Å². The molecule has 0 bridgehead atoms. The quantitative estimate of drug-likeness (QED) is 0.675. The van der Waals surface area contributed by atoms with Crippen molar-refractivity contribution in [3.63, 3.8) is 0 Å². The number of aromatic nitrogens is 3. The van der Waals surface area contributed by atoms with Gasteiger partial charge in [0.1, 0.15) is 11.6 Å². The van der Waals surface area contributed by atoms with Crippen molar-refractivity contribution in [2.24, 2.45) is 0 Å². The van der Waals surface area contributed by atoms with Crippen LogP contribution in [0.4, 0.5) is 0 Å². The molecule has 2 aliphatic rings. The number of para-hydroxylation sites is 1. The van der Waals surface area contributed by atoms with E-state index in [1.165, 1.54) is 4.68 Å². The van der Waals surface area contributed by atoms with Crippen LogP contribution in [0.1, 0.15) is 43.5 Å². The lowest BCUT2D eigenvalue weighted by Gasteiger charge is -2.32. The van der Waals surface area contributed by atoms with Crippen molar-refractivity contribution in [2.75, 3.05) is 33.4 Å². The van der Waals surface area contributed by atoms with Gasteiger partial charge in [-0.3, -0.25) is 9.36 Å². The highest BCUT2D eigenvalue weighted by molar-refractivity contribution is 5.78. The molecule has 1 aliphatic carbocycles. The predicted octanol–water partition coefficient (Wildman–Crippen LogP) is 1.81. The van der Waals surface area contributed by atoms with Gasteiger partial charge in [0.2, 0.25) is 0 Å². The molecule has 29 heavy (non-hydrogen) atoms. The van der Waals surface area contributed by atoms with Gasteiger partial charge in [0.05, 0.1) is 13.2 Å². The van der Waals surface area contributed by atoms with Crippen molar-refractivity contribution in [1.82, 2.24) is 19.2 Å². The lowest BCUT2D eigenvalue weighted by atomic mass is 9.97. The molecule has 8 heteroatoms. The third-order valence-corrected chi connectivity index (χ3v) is 5.56. The van der Waals surface area contributed by atoms with Crippen molar-refractivity contribution in [1.29, 1.82) is 0 Å². The van der Waals surface area contributed by atoms with Gasteiger partial charge < -0.3 is 14.4 Å². The Hall–Kier alpha value is -2.61. The van der Waals surface area contributed by atoms with E-state index in [4.69, 9.17) is 9.47 Å². The summed E-state index contributed by atoms with van der Waals surface area (Å²) in [6.07, 6.45) is 3.86. The summed E-state index contributed by atoms with van der Waals surface area (Å²) in [5.74, 6) is 1.54. The van der Waals surface area contributed by atoms with Gasteiger partial charge in [-0.25, -0.2) is 9.48 Å². The van der Waals surface area contributed by atoms with Crippen LogP contribution in [-0.4, -0.2) is 58.6 Å².